The van der Waals surface area contributed by atoms with Crippen molar-refractivity contribution in [3.8, 4) is 0 Å². The molecule has 7 heteroatoms. The van der Waals surface area contributed by atoms with Crippen LogP contribution in [0.5, 0.6) is 0 Å². The van der Waals surface area contributed by atoms with Crippen LogP contribution in [0.15, 0.2) is 34.3 Å². The fourth-order valence-corrected chi connectivity index (χ4v) is 1.96. The third-order valence-corrected chi connectivity index (χ3v) is 2.83. The average molecular weight is 235 g/mol. The standard InChI is InChI=1S/C7H7ClN2O3S/c8-7(10-9)5-3-1-2-4-6(5)14(11,12)13/h1-4,7,9H,(H,11,12,13). The third kappa shape index (κ3) is 2.28. The largest absolute Gasteiger partial charge is 0.294 e. The van der Waals surface area contributed by atoms with Gasteiger partial charge in [0.2, 0.25) is 0 Å². The zero-order valence-electron chi connectivity index (χ0n) is 6.88. The van der Waals surface area contributed by atoms with Crippen LogP contribution in [0.2, 0.25) is 0 Å². The molecule has 0 spiro atoms. The molecule has 0 bridgehead atoms. The molecule has 0 saturated heterocycles. The van der Waals surface area contributed by atoms with E-state index in [1.165, 1.54) is 18.2 Å². The van der Waals surface area contributed by atoms with Crippen molar-refractivity contribution < 1.29 is 13.0 Å². The van der Waals surface area contributed by atoms with Gasteiger partial charge in [0, 0.05) is 5.56 Å². The van der Waals surface area contributed by atoms with Gasteiger partial charge in [0.15, 0.2) is 5.50 Å². The molecular formula is C7H7ClN2O3S. The number of rotatable bonds is 3. The first-order valence-electron chi connectivity index (χ1n) is 3.54. The van der Waals surface area contributed by atoms with Crippen molar-refractivity contribution in [2.24, 2.45) is 5.11 Å². The first-order valence-corrected chi connectivity index (χ1v) is 5.41. The smallest absolute Gasteiger partial charge is 0.282 e. The predicted octanol–water partition coefficient (Wildman–Crippen LogP) is 2.20. The molecule has 76 valence electrons. The molecule has 0 fully saturated rings. The van der Waals surface area contributed by atoms with Crippen molar-refractivity contribution in [1.82, 2.24) is 0 Å². The number of hydrogen-bond donors (Lipinski definition) is 2. The third-order valence-electron chi connectivity index (χ3n) is 1.57. The normalized spacial score (nSPS) is 13.6. The molecule has 1 rings (SSSR count). The van der Waals surface area contributed by atoms with Crippen LogP contribution >= 0.6 is 11.6 Å². The molecule has 1 aromatic rings. The van der Waals surface area contributed by atoms with Gasteiger partial charge >= 0.3 is 0 Å². The summed E-state index contributed by atoms with van der Waals surface area (Å²) in [6.07, 6.45) is 0. The summed E-state index contributed by atoms with van der Waals surface area (Å²) in [7, 11) is -4.32. The maximum atomic E-state index is 10.9. The van der Waals surface area contributed by atoms with E-state index in [2.05, 4.69) is 5.11 Å². The van der Waals surface area contributed by atoms with Crippen LogP contribution in [0.4, 0.5) is 0 Å². The Labute approximate surface area is 86.0 Å². The van der Waals surface area contributed by atoms with E-state index < -0.39 is 15.6 Å². The van der Waals surface area contributed by atoms with Gasteiger partial charge in [0.05, 0.1) is 0 Å². The molecular weight excluding hydrogens is 228 g/mol. The highest BCUT2D eigenvalue weighted by atomic mass is 35.5. The number of alkyl halides is 1. The van der Waals surface area contributed by atoms with E-state index in [1.807, 2.05) is 0 Å². The van der Waals surface area contributed by atoms with Gasteiger partial charge in [-0.2, -0.15) is 13.5 Å². The number of halogens is 1. The van der Waals surface area contributed by atoms with Crippen molar-refractivity contribution in [1.29, 1.82) is 5.53 Å². The van der Waals surface area contributed by atoms with E-state index in [1.54, 1.807) is 6.07 Å². The second-order valence-corrected chi connectivity index (χ2v) is 4.28. The van der Waals surface area contributed by atoms with Gasteiger partial charge in [-0.3, -0.25) is 4.55 Å². The summed E-state index contributed by atoms with van der Waals surface area (Å²) in [4.78, 5) is -0.323. The summed E-state index contributed by atoms with van der Waals surface area (Å²) in [5, 5.41) is 2.97. The van der Waals surface area contributed by atoms with E-state index in [9.17, 15) is 8.42 Å². The highest BCUT2D eigenvalue weighted by Gasteiger charge is 2.19. The first-order chi connectivity index (χ1) is 6.46. The molecule has 14 heavy (non-hydrogen) atoms. The molecule has 2 N–H and O–H groups in total. The van der Waals surface area contributed by atoms with Gasteiger partial charge in [0.1, 0.15) is 4.90 Å². The summed E-state index contributed by atoms with van der Waals surface area (Å²) in [6, 6.07) is 5.58. The molecule has 0 aliphatic rings. The van der Waals surface area contributed by atoms with Gasteiger partial charge in [-0.05, 0) is 6.07 Å². The zero-order valence-corrected chi connectivity index (χ0v) is 8.46. The highest BCUT2D eigenvalue weighted by molar-refractivity contribution is 7.85. The Balaban J connectivity index is 3.37. The number of benzene rings is 1. The quantitative estimate of drug-likeness (QED) is 0.364. The first kappa shape index (κ1) is 11.1. The van der Waals surface area contributed by atoms with Crippen molar-refractivity contribution in [2.75, 3.05) is 0 Å². The van der Waals surface area contributed by atoms with Gasteiger partial charge in [-0.1, -0.05) is 29.8 Å². The SMILES string of the molecule is N=NC(Cl)c1ccccc1S(=O)(=O)O. The van der Waals surface area contributed by atoms with Crippen molar-refractivity contribution >= 4 is 21.7 Å². The van der Waals surface area contributed by atoms with Crippen LogP contribution < -0.4 is 0 Å². The Bertz CT molecular complexity index is 446. The Morgan fingerprint density at radius 3 is 2.50 bits per heavy atom. The van der Waals surface area contributed by atoms with Crippen molar-refractivity contribution in [2.45, 2.75) is 10.4 Å². The molecule has 1 atom stereocenters. The summed E-state index contributed by atoms with van der Waals surface area (Å²) in [5.41, 5.74) is 5.65. The van der Waals surface area contributed by atoms with Crippen molar-refractivity contribution in [3.63, 3.8) is 0 Å². The maximum absolute atomic E-state index is 10.9. The molecule has 5 nitrogen and oxygen atoms in total. The lowest BCUT2D eigenvalue weighted by atomic mass is 10.2. The van der Waals surface area contributed by atoms with E-state index >= 15 is 0 Å². The Hall–Kier alpha value is -0.980. The van der Waals surface area contributed by atoms with Gasteiger partial charge < -0.3 is 0 Å². The minimum Gasteiger partial charge on any atom is -0.282 e. The highest BCUT2D eigenvalue weighted by Crippen LogP contribution is 2.27. The summed E-state index contributed by atoms with van der Waals surface area (Å²) in [6.45, 7) is 0. The van der Waals surface area contributed by atoms with Crippen molar-refractivity contribution in [3.05, 3.63) is 29.8 Å². The topological polar surface area (TPSA) is 90.6 Å². The lowest BCUT2D eigenvalue weighted by Gasteiger charge is -2.06. The van der Waals surface area contributed by atoms with Crippen LogP contribution in [0, 0.1) is 5.53 Å². The van der Waals surface area contributed by atoms with Crippen LogP contribution in [0.1, 0.15) is 11.1 Å². The minimum atomic E-state index is -4.32. The minimum absolute atomic E-state index is 0.0895. The Morgan fingerprint density at radius 2 is 2.00 bits per heavy atom. The van der Waals surface area contributed by atoms with E-state index in [0.29, 0.717) is 0 Å². The molecule has 0 saturated carbocycles. The second kappa shape index (κ2) is 4.04. The molecule has 1 aromatic carbocycles. The molecule has 0 amide bonds. The molecule has 1 unspecified atom stereocenters. The lowest BCUT2D eigenvalue weighted by molar-refractivity contribution is 0.482. The Morgan fingerprint density at radius 1 is 1.43 bits per heavy atom. The fourth-order valence-electron chi connectivity index (χ4n) is 0.982. The molecule has 0 aliphatic carbocycles. The fraction of sp³-hybridized carbons (Fsp3) is 0.143. The zero-order chi connectivity index (χ0) is 10.8. The van der Waals surface area contributed by atoms with E-state index in [0.717, 1.165) is 0 Å². The molecule has 0 aliphatic heterocycles. The summed E-state index contributed by atoms with van der Waals surface area (Å²) in [5.74, 6) is 0. The van der Waals surface area contributed by atoms with E-state index in [-0.39, 0.29) is 10.5 Å². The Kier molecular flexibility index (Phi) is 3.20. The molecule has 0 radical (unpaired) electrons. The monoisotopic (exact) mass is 234 g/mol. The van der Waals surface area contributed by atoms with Crippen LogP contribution in [0.25, 0.3) is 0 Å². The summed E-state index contributed by atoms with van der Waals surface area (Å²) < 4.78 is 30.6. The van der Waals surface area contributed by atoms with E-state index in [4.69, 9.17) is 21.7 Å². The van der Waals surface area contributed by atoms with Crippen LogP contribution in [-0.2, 0) is 10.1 Å². The lowest BCUT2D eigenvalue weighted by Crippen LogP contribution is -2.03. The second-order valence-electron chi connectivity index (χ2n) is 2.48. The molecule has 0 aromatic heterocycles. The van der Waals surface area contributed by atoms with Crippen LogP contribution in [0.3, 0.4) is 0 Å². The average Bonchev–Trinajstić information content (AvgIpc) is 2.15. The maximum Gasteiger partial charge on any atom is 0.294 e. The number of nitrogens with zero attached hydrogens (tertiary/aromatic N) is 1. The summed E-state index contributed by atoms with van der Waals surface area (Å²) >= 11 is 5.57. The van der Waals surface area contributed by atoms with Gasteiger partial charge in [-0.25, -0.2) is 5.53 Å². The van der Waals surface area contributed by atoms with Gasteiger partial charge in [-0.15, -0.1) is 0 Å². The predicted molar refractivity (Wildman–Crippen MR) is 50.0 cm³/mol. The van der Waals surface area contributed by atoms with Crippen LogP contribution in [-0.4, -0.2) is 13.0 Å². The van der Waals surface area contributed by atoms with Gasteiger partial charge in [0.25, 0.3) is 10.1 Å². The molecule has 0 heterocycles. The number of nitrogens with one attached hydrogen (secondary N) is 1. The number of hydrogen-bond acceptors (Lipinski definition) is 4.